The molecular weight excluding hydrogens is 228 g/mol. The molecule has 102 valence electrons. The molecule has 0 unspecified atom stereocenters. The minimum atomic E-state index is -2.00. The van der Waals surface area contributed by atoms with Gasteiger partial charge in [-0.2, -0.15) is 0 Å². The largest absolute Gasteiger partial charge is 0.394 e. The Balaban J connectivity index is 2.84. The first-order valence-corrected chi connectivity index (χ1v) is 9.31. The Hall–Kier alpha value is 0.137. The van der Waals surface area contributed by atoms with Crippen LogP contribution in [0.3, 0.4) is 0 Å². The molecule has 1 aliphatic carbocycles. The molecule has 3 heteroatoms. The van der Waals surface area contributed by atoms with Crippen molar-refractivity contribution >= 4 is 8.56 Å². The van der Waals surface area contributed by atoms with Crippen LogP contribution in [0.15, 0.2) is 0 Å². The molecule has 0 amide bonds. The van der Waals surface area contributed by atoms with E-state index in [4.69, 9.17) is 8.85 Å². The second-order valence-electron chi connectivity index (χ2n) is 6.40. The maximum absolute atomic E-state index is 6.25. The Morgan fingerprint density at radius 1 is 1.00 bits per heavy atom. The van der Waals surface area contributed by atoms with E-state index in [0.717, 1.165) is 24.8 Å². The van der Waals surface area contributed by atoms with Crippen molar-refractivity contribution in [1.82, 2.24) is 0 Å². The third-order valence-corrected chi connectivity index (χ3v) is 8.46. The smallest absolute Gasteiger partial charge is 0.341 e. The average Bonchev–Trinajstić information content (AvgIpc) is 2.68. The van der Waals surface area contributed by atoms with Gasteiger partial charge in [0.1, 0.15) is 0 Å². The van der Waals surface area contributed by atoms with Crippen molar-refractivity contribution in [3.05, 3.63) is 0 Å². The average molecular weight is 258 g/mol. The van der Waals surface area contributed by atoms with Gasteiger partial charge in [-0.25, -0.2) is 0 Å². The molecule has 0 spiro atoms. The van der Waals surface area contributed by atoms with Crippen LogP contribution >= 0.6 is 0 Å². The molecular formula is C14H30O2Si. The zero-order valence-electron chi connectivity index (χ0n) is 12.3. The van der Waals surface area contributed by atoms with Crippen LogP contribution in [-0.2, 0) is 8.85 Å². The van der Waals surface area contributed by atoms with Crippen LogP contribution in [-0.4, -0.2) is 21.8 Å². The van der Waals surface area contributed by atoms with Crippen molar-refractivity contribution in [1.29, 1.82) is 0 Å². The van der Waals surface area contributed by atoms with Gasteiger partial charge < -0.3 is 8.85 Å². The minimum absolute atomic E-state index is 0.305. The van der Waals surface area contributed by atoms with E-state index < -0.39 is 8.56 Å². The molecule has 0 aromatic rings. The minimum Gasteiger partial charge on any atom is -0.394 e. The van der Waals surface area contributed by atoms with Crippen LogP contribution in [0.4, 0.5) is 0 Å². The van der Waals surface area contributed by atoms with Crippen molar-refractivity contribution in [2.24, 2.45) is 5.41 Å². The zero-order chi connectivity index (χ0) is 12.9. The van der Waals surface area contributed by atoms with Crippen LogP contribution in [0, 0.1) is 5.41 Å². The maximum Gasteiger partial charge on any atom is 0.341 e. The SMILES string of the molecule is CCO[Si](CC(C)(C)C)(OCC)C1CCCC1. The Morgan fingerprint density at radius 2 is 1.47 bits per heavy atom. The Morgan fingerprint density at radius 3 is 1.82 bits per heavy atom. The first kappa shape index (κ1) is 15.2. The lowest BCUT2D eigenvalue weighted by molar-refractivity contribution is 0.160. The predicted molar refractivity (Wildman–Crippen MR) is 75.5 cm³/mol. The fourth-order valence-corrected chi connectivity index (χ4v) is 7.91. The van der Waals surface area contributed by atoms with Gasteiger partial charge in [0.2, 0.25) is 0 Å². The number of hydrogen-bond acceptors (Lipinski definition) is 2. The summed E-state index contributed by atoms with van der Waals surface area (Å²) in [5.74, 6) is 0. The molecule has 0 saturated heterocycles. The van der Waals surface area contributed by atoms with Gasteiger partial charge in [0.15, 0.2) is 0 Å². The van der Waals surface area contributed by atoms with E-state index in [2.05, 4.69) is 34.6 Å². The molecule has 0 bridgehead atoms. The summed E-state index contributed by atoms with van der Waals surface area (Å²) in [4.78, 5) is 0. The first-order valence-electron chi connectivity index (χ1n) is 7.21. The molecule has 0 aliphatic heterocycles. The summed E-state index contributed by atoms with van der Waals surface area (Å²) in [5, 5.41) is 0. The molecule has 1 rings (SSSR count). The summed E-state index contributed by atoms with van der Waals surface area (Å²) >= 11 is 0. The molecule has 1 saturated carbocycles. The van der Waals surface area contributed by atoms with E-state index in [1.165, 1.54) is 25.7 Å². The second kappa shape index (κ2) is 6.35. The Bertz CT molecular complexity index is 211. The summed E-state index contributed by atoms with van der Waals surface area (Å²) in [6.07, 6.45) is 5.37. The van der Waals surface area contributed by atoms with Crippen molar-refractivity contribution in [3.63, 3.8) is 0 Å². The predicted octanol–water partition coefficient (Wildman–Crippen LogP) is 4.49. The molecule has 0 aromatic heterocycles. The van der Waals surface area contributed by atoms with Gasteiger partial charge >= 0.3 is 8.56 Å². The number of hydrogen-bond donors (Lipinski definition) is 0. The van der Waals surface area contributed by atoms with Gasteiger partial charge in [-0.3, -0.25) is 0 Å². The van der Waals surface area contributed by atoms with E-state index in [-0.39, 0.29) is 0 Å². The standard InChI is InChI=1S/C14H30O2Si/c1-6-15-17(16-7-2,12-14(3,4)5)13-10-8-9-11-13/h13H,6-12H2,1-5H3. The first-order chi connectivity index (χ1) is 7.93. The van der Waals surface area contributed by atoms with E-state index in [1.807, 2.05) is 0 Å². The van der Waals surface area contributed by atoms with Crippen molar-refractivity contribution in [2.75, 3.05) is 13.2 Å². The highest BCUT2D eigenvalue weighted by Gasteiger charge is 2.48. The van der Waals surface area contributed by atoms with Crippen LogP contribution in [0.5, 0.6) is 0 Å². The van der Waals surface area contributed by atoms with Crippen LogP contribution in [0.2, 0.25) is 11.6 Å². The monoisotopic (exact) mass is 258 g/mol. The second-order valence-corrected chi connectivity index (χ2v) is 9.77. The van der Waals surface area contributed by atoms with Gasteiger partial charge in [0.25, 0.3) is 0 Å². The van der Waals surface area contributed by atoms with Crippen LogP contribution in [0.1, 0.15) is 60.3 Å². The summed E-state index contributed by atoms with van der Waals surface area (Å²) in [7, 11) is -2.00. The lowest BCUT2D eigenvalue weighted by atomic mass is 10.0. The highest BCUT2D eigenvalue weighted by Crippen LogP contribution is 2.45. The van der Waals surface area contributed by atoms with Crippen molar-refractivity contribution < 1.29 is 8.85 Å². The Kier molecular flexibility index (Phi) is 5.67. The lowest BCUT2D eigenvalue weighted by Gasteiger charge is -2.39. The fraction of sp³-hybridized carbons (Fsp3) is 1.00. The van der Waals surface area contributed by atoms with Gasteiger partial charge in [-0.05, 0) is 38.1 Å². The molecule has 0 aromatic carbocycles. The van der Waals surface area contributed by atoms with E-state index in [1.54, 1.807) is 0 Å². The molecule has 0 heterocycles. The zero-order valence-corrected chi connectivity index (χ0v) is 13.3. The van der Waals surface area contributed by atoms with Gasteiger partial charge in [0.05, 0.1) is 0 Å². The topological polar surface area (TPSA) is 18.5 Å². The maximum atomic E-state index is 6.25. The third-order valence-electron chi connectivity index (χ3n) is 3.53. The Labute approximate surface area is 108 Å². The van der Waals surface area contributed by atoms with E-state index in [0.29, 0.717) is 5.41 Å². The van der Waals surface area contributed by atoms with Crippen LogP contribution < -0.4 is 0 Å². The number of rotatable bonds is 6. The van der Waals surface area contributed by atoms with E-state index in [9.17, 15) is 0 Å². The molecule has 0 radical (unpaired) electrons. The van der Waals surface area contributed by atoms with E-state index >= 15 is 0 Å². The lowest BCUT2D eigenvalue weighted by Crippen LogP contribution is -2.49. The highest BCUT2D eigenvalue weighted by molar-refractivity contribution is 6.69. The van der Waals surface area contributed by atoms with Gasteiger partial charge in [-0.1, -0.05) is 33.6 Å². The summed E-state index contributed by atoms with van der Waals surface area (Å²) in [5.41, 5.74) is 1.03. The molecule has 17 heavy (non-hydrogen) atoms. The summed E-state index contributed by atoms with van der Waals surface area (Å²) < 4.78 is 12.5. The fourth-order valence-electron chi connectivity index (χ4n) is 3.12. The molecule has 0 N–H and O–H groups in total. The molecule has 0 atom stereocenters. The molecule has 2 nitrogen and oxygen atoms in total. The van der Waals surface area contributed by atoms with Gasteiger partial charge in [-0.15, -0.1) is 0 Å². The third kappa shape index (κ3) is 4.38. The van der Waals surface area contributed by atoms with Gasteiger partial charge in [0, 0.05) is 18.8 Å². The summed E-state index contributed by atoms with van der Waals surface area (Å²) in [6, 6.07) is 1.13. The molecule has 1 fully saturated rings. The highest BCUT2D eigenvalue weighted by atomic mass is 28.4. The molecule has 1 aliphatic rings. The van der Waals surface area contributed by atoms with Crippen molar-refractivity contribution in [2.45, 2.75) is 71.9 Å². The normalized spacial score (nSPS) is 18.9. The van der Waals surface area contributed by atoms with Crippen LogP contribution in [0.25, 0.3) is 0 Å². The quantitative estimate of drug-likeness (QED) is 0.653. The summed E-state index contributed by atoms with van der Waals surface area (Å²) in [6.45, 7) is 12.7. The van der Waals surface area contributed by atoms with Crippen molar-refractivity contribution in [3.8, 4) is 0 Å².